The Kier molecular flexibility index (Phi) is 7.67. The first-order chi connectivity index (χ1) is 20.4. The molecule has 4 aliphatic rings. The fraction of sp³-hybridized carbons (Fsp3) is 0.581. The Hall–Kier alpha value is -3.22. The van der Waals surface area contributed by atoms with Gasteiger partial charge in [-0.05, 0) is 44.5 Å². The lowest BCUT2D eigenvalue weighted by atomic mass is 9.92. The highest BCUT2D eigenvalue weighted by Crippen LogP contribution is 2.41. The number of piperazine rings is 1. The standard InChI is InChI=1S/C31H40F3N7O2/c1-20-6-5-7-24-27(20)39(11-8-38-9-12-40(13-10-38)30(3)18-35-19-30)17-22-15-26(42)41(28(22)29(43)37(24)4)25-16-23(31(32,33)34)14-21(2)36-25/h5-7,14,16,22,28,35H,8-13,15,17-19H2,1-4H3/t22-,28+/m1/s1. The van der Waals surface area contributed by atoms with E-state index in [1.165, 1.54) is 11.8 Å². The molecular formula is C31H40F3N7O2. The highest BCUT2D eigenvalue weighted by Gasteiger charge is 2.49. The van der Waals surface area contributed by atoms with E-state index in [4.69, 9.17) is 0 Å². The van der Waals surface area contributed by atoms with Gasteiger partial charge < -0.3 is 15.1 Å². The number of likely N-dealkylation sites (N-methyl/N-ethyl adjacent to an activating group) is 1. The van der Waals surface area contributed by atoms with E-state index in [1.807, 2.05) is 25.1 Å². The first-order valence-corrected chi connectivity index (χ1v) is 15.0. The Morgan fingerprint density at radius 3 is 2.42 bits per heavy atom. The lowest BCUT2D eigenvalue weighted by Crippen LogP contribution is -2.70. The molecule has 0 aliphatic carbocycles. The zero-order valence-electron chi connectivity index (χ0n) is 25.2. The van der Waals surface area contributed by atoms with Crippen LogP contribution in [0.2, 0.25) is 0 Å². The SMILES string of the molecule is Cc1cc(C(F)(F)F)cc(N2C(=O)C[C@@H]3CN(CCN4CCN(C5(C)CNC5)CC4)c4c(C)cccc4N(C)C(=O)[C@H]32)n1. The number of nitrogens with zero attached hydrogens (tertiary/aromatic N) is 6. The maximum absolute atomic E-state index is 14.0. The predicted octanol–water partition coefficient (Wildman–Crippen LogP) is 2.90. The van der Waals surface area contributed by atoms with Crippen LogP contribution in [-0.4, -0.2) is 104 Å². The van der Waals surface area contributed by atoms with Crippen molar-refractivity contribution >= 4 is 29.0 Å². The van der Waals surface area contributed by atoms with Gasteiger partial charge in [0.15, 0.2) is 0 Å². The summed E-state index contributed by atoms with van der Waals surface area (Å²) in [5.74, 6) is -1.25. The summed E-state index contributed by atoms with van der Waals surface area (Å²) in [6, 6.07) is 6.71. The number of aryl methyl sites for hydroxylation is 2. The summed E-state index contributed by atoms with van der Waals surface area (Å²) < 4.78 is 41.1. The number of carbonyl (C=O) groups excluding carboxylic acids is 2. The maximum atomic E-state index is 14.0. The van der Waals surface area contributed by atoms with Crippen LogP contribution in [0.4, 0.5) is 30.4 Å². The van der Waals surface area contributed by atoms with Gasteiger partial charge in [-0.25, -0.2) is 4.98 Å². The lowest BCUT2D eigenvalue weighted by Gasteiger charge is -2.51. The molecule has 0 radical (unpaired) electrons. The van der Waals surface area contributed by atoms with E-state index in [2.05, 4.69) is 31.9 Å². The average Bonchev–Trinajstić information content (AvgIpc) is 3.27. The largest absolute Gasteiger partial charge is 0.416 e. The second kappa shape index (κ2) is 11.0. The molecule has 0 unspecified atom stereocenters. The molecule has 6 rings (SSSR count). The topological polar surface area (TPSA) is 75.3 Å². The molecule has 1 aromatic carbocycles. The minimum atomic E-state index is -4.60. The van der Waals surface area contributed by atoms with Crippen molar-refractivity contribution < 1.29 is 22.8 Å². The van der Waals surface area contributed by atoms with Crippen molar-refractivity contribution in [1.82, 2.24) is 20.1 Å². The van der Waals surface area contributed by atoms with Gasteiger partial charge in [-0.15, -0.1) is 0 Å². The summed E-state index contributed by atoms with van der Waals surface area (Å²) >= 11 is 0. The van der Waals surface area contributed by atoms with E-state index in [0.717, 1.165) is 74.9 Å². The van der Waals surface area contributed by atoms with Gasteiger partial charge in [-0.2, -0.15) is 13.2 Å². The van der Waals surface area contributed by atoms with Crippen LogP contribution in [0, 0.1) is 19.8 Å². The number of benzene rings is 1. The van der Waals surface area contributed by atoms with Crippen molar-refractivity contribution in [3.05, 3.63) is 47.2 Å². The molecule has 12 heteroatoms. The van der Waals surface area contributed by atoms with Gasteiger partial charge >= 0.3 is 6.18 Å². The Bertz CT molecular complexity index is 1400. The first kappa shape index (κ1) is 29.8. The molecule has 4 aliphatic heterocycles. The second-order valence-corrected chi connectivity index (χ2v) is 12.7. The summed E-state index contributed by atoms with van der Waals surface area (Å²) in [6.45, 7) is 13.8. The van der Waals surface area contributed by atoms with Gasteiger partial charge in [-0.1, -0.05) is 12.1 Å². The predicted molar refractivity (Wildman–Crippen MR) is 159 cm³/mol. The zero-order chi connectivity index (χ0) is 30.7. The third kappa shape index (κ3) is 5.49. The minimum Gasteiger partial charge on any atom is -0.368 e. The van der Waals surface area contributed by atoms with Crippen molar-refractivity contribution in [3.63, 3.8) is 0 Å². The molecule has 2 atom stereocenters. The summed E-state index contributed by atoms with van der Waals surface area (Å²) in [7, 11) is 1.68. The number of aromatic nitrogens is 1. The number of hydrogen-bond donors (Lipinski definition) is 1. The molecule has 2 amide bonds. The summed E-state index contributed by atoms with van der Waals surface area (Å²) in [5, 5.41) is 3.39. The molecule has 232 valence electrons. The van der Waals surface area contributed by atoms with Crippen molar-refractivity contribution in [3.8, 4) is 0 Å². The zero-order valence-corrected chi connectivity index (χ0v) is 25.2. The third-order valence-electron chi connectivity index (χ3n) is 9.71. The molecule has 0 saturated carbocycles. The Morgan fingerprint density at radius 1 is 1.05 bits per heavy atom. The van der Waals surface area contributed by atoms with Crippen molar-refractivity contribution in [1.29, 1.82) is 0 Å². The lowest BCUT2D eigenvalue weighted by molar-refractivity contribution is -0.137. The molecule has 1 N–H and O–H groups in total. The molecule has 3 fully saturated rings. The van der Waals surface area contributed by atoms with Gasteiger partial charge in [0, 0.05) is 89.5 Å². The van der Waals surface area contributed by atoms with Crippen LogP contribution in [0.5, 0.6) is 0 Å². The number of halogens is 3. The number of fused-ring (bicyclic) bond motifs is 2. The fourth-order valence-corrected chi connectivity index (χ4v) is 7.19. The number of rotatable bonds is 5. The van der Waals surface area contributed by atoms with Crippen LogP contribution in [0.1, 0.15) is 30.2 Å². The summed E-state index contributed by atoms with van der Waals surface area (Å²) in [4.78, 5) is 41.9. The van der Waals surface area contributed by atoms with Crippen LogP contribution in [0.3, 0.4) is 0 Å². The summed E-state index contributed by atoms with van der Waals surface area (Å²) in [6.07, 6.45) is -4.54. The van der Waals surface area contributed by atoms with E-state index in [0.29, 0.717) is 13.1 Å². The van der Waals surface area contributed by atoms with Gasteiger partial charge in [0.1, 0.15) is 11.9 Å². The average molecular weight is 600 g/mol. The Morgan fingerprint density at radius 2 is 1.77 bits per heavy atom. The number of pyridine rings is 1. The molecule has 0 bridgehead atoms. The third-order valence-corrected chi connectivity index (χ3v) is 9.71. The number of hydrogen-bond acceptors (Lipinski definition) is 7. The van der Waals surface area contributed by atoms with Gasteiger partial charge in [0.2, 0.25) is 11.8 Å². The summed E-state index contributed by atoms with van der Waals surface area (Å²) in [5.41, 5.74) is 2.21. The molecule has 5 heterocycles. The number of carbonyl (C=O) groups is 2. The van der Waals surface area contributed by atoms with E-state index in [-0.39, 0.29) is 35.3 Å². The normalized spacial score (nSPS) is 24.9. The van der Waals surface area contributed by atoms with E-state index in [1.54, 1.807) is 11.9 Å². The van der Waals surface area contributed by atoms with Crippen LogP contribution in [0.15, 0.2) is 30.3 Å². The minimum absolute atomic E-state index is 0.0597. The van der Waals surface area contributed by atoms with Crippen molar-refractivity contribution in [2.45, 2.75) is 44.9 Å². The number of amides is 2. The molecule has 0 spiro atoms. The fourth-order valence-electron chi connectivity index (χ4n) is 7.19. The monoisotopic (exact) mass is 599 g/mol. The number of para-hydroxylation sites is 1. The van der Waals surface area contributed by atoms with E-state index < -0.39 is 23.7 Å². The smallest absolute Gasteiger partial charge is 0.368 e. The molecular weight excluding hydrogens is 559 g/mol. The van der Waals surface area contributed by atoms with Crippen LogP contribution in [-0.2, 0) is 15.8 Å². The quantitative estimate of drug-likeness (QED) is 0.567. The van der Waals surface area contributed by atoms with Gasteiger partial charge in [0.25, 0.3) is 0 Å². The van der Waals surface area contributed by atoms with E-state index >= 15 is 0 Å². The van der Waals surface area contributed by atoms with Crippen LogP contribution in [0.25, 0.3) is 0 Å². The van der Waals surface area contributed by atoms with Crippen molar-refractivity contribution in [2.75, 3.05) is 80.7 Å². The van der Waals surface area contributed by atoms with Crippen LogP contribution < -0.4 is 20.0 Å². The molecule has 3 saturated heterocycles. The first-order valence-electron chi connectivity index (χ1n) is 15.0. The molecule has 1 aromatic heterocycles. The van der Waals surface area contributed by atoms with E-state index in [9.17, 15) is 22.8 Å². The number of nitrogens with one attached hydrogen (secondary N) is 1. The maximum Gasteiger partial charge on any atom is 0.416 e. The number of anilines is 3. The van der Waals surface area contributed by atoms with Gasteiger partial charge in [-0.3, -0.25) is 24.3 Å². The Balaban J connectivity index is 1.28. The van der Waals surface area contributed by atoms with Gasteiger partial charge in [0.05, 0.1) is 16.9 Å². The molecule has 2 aromatic rings. The Labute approximate surface area is 250 Å². The molecule has 43 heavy (non-hydrogen) atoms. The highest BCUT2D eigenvalue weighted by molar-refractivity contribution is 6.10. The highest BCUT2D eigenvalue weighted by atomic mass is 19.4. The second-order valence-electron chi connectivity index (χ2n) is 12.7. The van der Waals surface area contributed by atoms with Crippen molar-refractivity contribution in [2.24, 2.45) is 5.92 Å². The molecule has 9 nitrogen and oxygen atoms in total. The van der Waals surface area contributed by atoms with Crippen LogP contribution >= 0.6 is 0 Å². The number of alkyl halides is 3.